The predicted octanol–water partition coefficient (Wildman–Crippen LogP) is 7.91. The number of β-lactam (4-membered cyclic amide) rings is 1. The highest BCUT2D eigenvalue weighted by molar-refractivity contribution is 8.00. The van der Waals surface area contributed by atoms with Gasteiger partial charge in [0.2, 0.25) is 5.91 Å². The number of esters is 1. The summed E-state index contributed by atoms with van der Waals surface area (Å²) in [5, 5.41) is 10.9. The van der Waals surface area contributed by atoms with Gasteiger partial charge in [-0.2, -0.15) is 0 Å². The van der Waals surface area contributed by atoms with Crippen LogP contribution >= 0.6 is 23.1 Å². The number of benzene rings is 5. The second-order valence-corrected chi connectivity index (χ2v) is 17.1. The number of rotatable bonds is 15. The molecular weight excluding hydrogens is 849 g/mol. The summed E-state index contributed by atoms with van der Waals surface area (Å²) in [6, 6.07) is 48.8. The molecule has 2 N–H and O–H groups in total. The van der Waals surface area contributed by atoms with Crippen LogP contribution in [-0.4, -0.2) is 83.4 Å². The molecule has 15 heteroatoms. The molecule has 3 heterocycles. The van der Waals surface area contributed by atoms with Crippen LogP contribution in [0.25, 0.3) is 0 Å². The average Bonchev–Trinajstić information content (AvgIpc) is 3.79. The van der Waals surface area contributed by atoms with Crippen molar-refractivity contribution in [2.45, 2.75) is 28.3 Å². The first kappa shape index (κ1) is 43.4. The molecule has 0 spiro atoms. The Morgan fingerprint density at radius 3 is 1.83 bits per heavy atom. The number of carbonyl (C=O) groups excluding carboxylic acids is 4. The zero-order valence-corrected chi connectivity index (χ0v) is 36.7. The largest absolute Gasteiger partial charge is 0.448 e. The monoisotopic (exact) mass is 892 g/mol. The lowest BCUT2D eigenvalue weighted by Gasteiger charge is -2.51. The van der Waals surface area contributed by atoms with Gasteiger partial charge in [0.25, 0.3) is 5.91 Å². The van der Waals surface area contributed by atoms with Gasteiger partial charge < -0.3 is 29.8 Å². The van der Waals surface area contributed by atoms with Crippen molar-refractivity contribution in [2.75, 3.05) is 33.1 Å². The van der Waals surface area contributed by atoms with E-state index in [2.05, 4.69) is 52.2 Å². The molecule has 1 aromatic heterocycles. The lowest BCUT2D eigenvalue weighted by molar-refractivity contribution is -0.153. The second-order valence-electron chi connectivity index (χ2n) is 15.0. The smallest absolute Gasteiger partial charge is 0.409 e. The van der Waals surface area contributed by atoms with E-state index in [1.165, 1.54) is 54.1 Å². The Morgan fingerprint density at radius 2 is 1.33 bits per heavy atom. The fourth-order valence-electron chi connectivity index (χ4n) is 7.82. The van der Waals surface area contributed by atoms with Crippen LogP contribution in [0.15, 0.2) is 173 Å². The molecule has 0 bridgehead atoms. The van der Waals surface area contributed by atoms with Crippen LogP contribution in [0.5, 0.6) is 0 Å². The van der Waals surface area contributed by atoms with Crippen LogP contribution < -0.4 is 10.6 Å². The topological polar surface area (TPSA) is 152 Å². The summed E-state index contributed by atoms with van der Waals surface area (Å²) < 4.78 is 12.0. The van der Waals surface area contributed by atoms with Crippen molar-refractivity contribution in [1.29, 1.82) is 0 Å². The van der Waals surface area contributed by atoms with Crippen molar-refractivity contribution in [3.8, 4) is 0 Å². The molecular formula is C49H44N6O7S2. The first-order valence-corrected chi connectivity index (χ1v) is 22.2. The van der Waals surface area contributed by atoms with Crippen LogP contribution in [0.3, 0.4) is 0 Å². The molecule has 5 aromatic carbocycles. The molecule has 0 saturated carbocycles. The lowest BCUT2D eigenvalue weighted by Crippen LogP contribution is -2.62. The molecule has 64 heavy (non-hydrogen) atoms. The van der Waals surface area contributed by atoms with Crippen LogP contribution in [0.2, 0.25) is 0 Å². The Morgan fingerprint density at radius 1 is 0.812 bits per heavy atom. The fourth-order valence-corrected chi connectivity index (χ4v) is 10.2. The summed E-state index contributed by atoms with van der Waals surface area (Å²) in [4.78, 5) is 68.2. The number of ether oxygens (including phenoxy) is 2. The molecule has 13 nitrogen and oxygen atoms in total. The van der Waals surface area contributed by atoms with Crippen molar-refractivity contribution in [3.63, 3.8) is 0 Å². The van der Waals surface area contributed by atoms with E-state index in [0.717, 1.165) is 22.9 Å². The van der Waals surface area contributed by atoms with Gasteiger partial charge in [0, 0.05) is 25.0 Å². The number of hydrogen-bond donors (Lipinski definition) is 2. The molecule has 324 valence electrons. The summed E-state index contributed by atoms with van der Waals surface area (Å²) >= 11 is 2.56. The highest BCUT2D eigenvalue weighted by atomic mass is 32.2. The molecule has 8 rings (SSSR count). The van der Waals surface area contributed by atoms with E-state index < -0.39 is 58.8 Å². The van der Waals surface area contributed by atoms with Gasteiger partial charge in [-0.1, -0.05) is 157 Å². The van der Waals surface area contributed by atoms with Crippen molar-refractivity contribution in [1.82, 2.24) is 20.1 Å². The molecule has 1 fully saturated rings. The van der Waals surface area contributed by atoms with E-state index in [4.69, 9.17) is 19.3 Å². The minimum Gasteiger partial charge on any atom is -0.448 e. The van der Waals surface area contributed by atoms with Gasteiger partial charge in [-0.05, 0) is 27.8 Å². The van der Waals surface area contributed by atoms with Crippen molar-refractivity contribution in [2.24, 2.45) is 5.16 Å². The molecule has 0 radical (unpaired) electrons. The Hall–Kier alpha value is -7.23. The van der Waals surface area contributed by atoms with Gasteiger partial charge in [0.05, 0.1) is 5.69 Å². The molecule has 1 saturated heterocycles. The quantitative estimate of drug-likeness (QED) is 0.0342. The Balaban J connectivity index is 1.19. The average molecular weight is 893 g/mol. The number of nitrogens with one attached hydrogen (secondary N) is 2. The van der Waals surface area contributed by atoms with Gasteiger partial charge in [-0.25, -0.2) is 14.6 Å². The summed E-state index contributed by atoms with van der Waals surface area (Å²) in [7, 11) is 4.34. The van der Waals surface area contributed by atoms with E-state index in [9.17, 15) is 19.2 Å². The predicted molar refractivity (Wildman–Crippen MR) is 246 cm³/mol. The van der Waals surface area contributed by atoms with Crippen molar-refractivity contribution < 1.29 is 33.5 Å². The third-order valence-electron chi connectivity index (χ3n) is 10.8. The summed E-state index contributed by atoms with van der Waals surface area (Å²) in [5.74, 6) is -2.75. The van der Waals surface area contributed by atoms with Gasteiger partial charge in [-0.3, -0.25) is 14.5 Å². The Bertz CT molecular complexity index is 2510. The first-order valence-electron chi connectivity index (χ1n) is 20.3. The van der Waals surface area contributed by atoms with Crippen LogP contribution in [0.1, 0.15) is 45.5 Å². The van der Waals surface area contributed by atoms with Gasteiger partial charge in [0.15, 0.2) is 11.2 Å². The number of thiazole rings is 1. The van der Waals surface area contributed by atoms with Gasteiger partial charge in [0.1, 0.15) is 47.8 Å². The maximum Gasteiger partial charge on any atom is 0.409 e. The minimum atomic E-state index is -0.991. The number of carbonyl (C=O) groups is 4. The standard InChI is InChI=1S/C49H44N6O7S2/c1-54(2)48(59)61-30-37-41(46(58)62-42(32-19-9-4-10-20-32)33-21-11-5-12-22-33)55-44(57)40(45(55)64-43(37)52-39(56)29-50-60-3)38-31-63-47(51-38)53-49(34-23-13-6-14-24-34,35-25-15-7-16-26-35)36-27-17-8-18-28-36/h4-29,31,40,42-43,45H,30H2,1-3H3,(H,51,53)(H,52,56)/b50-29-/t40?,43?,45-/m0/s1. The van der Waals surface area contributed by atoms with E-state index in [-0.39, 0.29) is 11.3 Å². The number of anilines is 1. The Kier molecular flexibility index (Phi) is 13.2. The molecule has 0 aliphatic carbocycles. The number of oxime groups is 1. The lowest BCUT2D eigenvalue weighted by atomic mass is 9.77. The highest BCUT2D eigenvalue weighted by Crippen LogP contribution is 2.52. The SMILES string of the molecule is CO/N=C\C(=O)NC1S[C@H]2C(c3csc(NC(c4ccccc4)(c4ccccc4)c4ccccc4)n3)C(=O)N2C(C(=O)OC(c2ccccc2)c2ccccc2)=C1COC(=O)N(C)C. The van der Waals surface area contributed by atoms with Gasteiger partial charge in [-0.15, -0.1) is 23.1 Å². The Labute approximate surface area is 378 Å². The zero-order valence-electron chi connectivity index (χ0n) is 35.1. The molecule has 2 aliphatic rings. The highest BCUT2D eigenvalue weighted by Gasteiger charge is 2.58. The molecule has 3 atom stereocenters. The summed E-state index contributed by atoms with van der Waals surface area (Å²) in [6.45, 7) is -0.450. The number of aromatic nitrogens is 1. The third-order valence-corrected chi connectivity index (χ3v) is 13.0. The van der Waals surface area contributed by atoms with Crippen molar-refractivity contribution in [3.05, 3.63) is 202 Å². The summed E-state index contributed by atoms with van der Waals surface area (Å²) in [6.07, 6.45) is -0.616. The second kappa shape index (κ2) is 19.4. The number of thioether (sulfide) groups is 1. The van der Waals surface area contributed by atoms with E-state index in [0.29, 0.717) is 22.0 Å². The minimum absolute atomic E-state index is 0.145. The zero-order chi connectivity index (χ0) is 44.6. The first-order chi connectivity index (χ1) is 31.2. The van der Waals surface area contributed by atoms with Crippen molar-refractivity contribution >= 4 is 58.3 Å². The molecule has 3 amide bonds. The maximum atomic E-state index is 14.9. The fraction of sp³-hybridized carbons (Fsp3) is 0.184. The number of fused-ring (bicyclic) bond motifs is 1. The molecule has 6 aromatic rings. The van der Waals surface area contributed by atoms with Crippen LogP contribution in [0, 0.1) is 0 Å². The van der Waals surface area contributed by atoms with E-state index in [1.807, 2.05) is 121 Å². The number of nitrogens with zero attached hydrogens (tertiary/aromatic N) is 4. The molecule has 2 unspecified atom stereocenters. The van der Waals surface area contributed by atoms with Gasteiger partial charge >= 0.3 is 12.1 Å². The normalized spacial score (nSPS) is 17.0. The summed E-state index contributed by atoms with van der Waals surface area (Å²) in [5.41, 5.74) is 3.92. The van der Waals surface area contributed by atoms with E-state index >= 15 is 0 Å². The van der Waals surface area contributed by atoms with Crippen LogP contribution in [-0.2, 0) is 34.2 Å². The number of hydrogen-bond acceptors (Lipinski definition) is 12. The number of amides is 3. The van der Waals surface area contributed by atoms with Crippen LogP contribution in [0.4, 0.5) is 9.93 Å². The van der Waals surface area contributed by atoms with E-state index in [1.54, 1.807) is 0 Å². The molecule has 2 aliphatic heterocycles. The maximum absolute atomic E-state index is 14.9. The third kappa shape index (κ3) is 8.85.